The Labute approximate surface area is 102 Å². The van der Waals surface area contributed by atoms with Crippen LogP contribution in [0.2, 0.25) is 0 Å². The van der Waals surface area contributed by atoms with Crippen LogP contribution in [0.4, 0.5) is 5.69 Å². The number of hydrogen-bond donors (Lipinski definition) is 0. The van der Waals surface area contributed by atoms with Crippen LogP contribution in [-0.4, -0.2) is 33.0 Å². The lowest BCUT2D eigenvalue weighted by Gasteiger charge is -2.27. The zero-order chi connectivity index (χ0) is 10.8. The molecule has 0 unspecified atom stereocenters. The summed E-state index contributed by atoms with van der Waals surface area (Å²) in [4.78, 5) is 0. The molecule has 0 spiro atoms. The van der Waals surface area contributed by atoms with Crippen molar-refractivity contribution in [2.45, 2.75) is 19.3 Å². The van der Waals surface area contributed by atoms with E-state index in [1.54, 1.807) is 0 Å². The monoisotopic (exact) mass is 212 g/mol. The second-order valence-corrected chi connectivity index (χ2v) is 5.37. The van der Waals surface area contributed by atoms with Crippen LogP contribution in [0.15, 0.2) is 24.3 Å². The normalized spacial score (nSPS) is 10.6. The number of para-hydroxylation sites is 1. The highest BCUT2D eigenvalue weighted by atomic mass is 27.1. The van der Waals surface area contributed by atoms with Crippen molar-refractivity contribution >= 4 is 38.7 Å². The van der Waals surface area contributed by atoms with Crippen molar-refractivity contribution in [3.8, 4) is 6.07 Å². The Morgan fingerprint density at radius 3 is 2.36 bits per heavy atom. The molecule has 1 aromatic carbocycles. The number of nitriles is 1. The Morgan fingerprint density at radius 2 is 1.86 bits per heavy atom. The number of anilines is 1. The molecule has 0 aliphatic rings. The zero-order valence-corrected chi connectivity index (χ0v) is 10.7. The predicted octanol–water partition coefficient (Wildman–Crippen LogP) is 1.46. The molecule has 0 bridgehead atoms. The Hall–Kier alpha value is -0.425. The van der Waals surface area contributed by atoms with Gasteiger partial charge in [-0.15, -0.1) is 0 Å². The summed E-state index contributed by atoms with van der Waals surface area (Å²) in [5, 5.41) is 9.07. The van der Waals surface area contributed by atoms with Gasteiger partial charge in [-0.3, -0.25) is 0 Å². The third-order valence-electron chi connectivity index (χ3n) is 2.14. The Balaban J connectivity index is 3.29. The smallest absolute Gasteiger partial charge is 0.277 e. The minimum atomic E-state index is -0.456. The molecule has 0 atom stereocenters. The first-order valence-electron chi connectivity index (χ1n) is 4.29. The molecule has 1 aromatic rings. The molecule has 2 nitrogen and oxygen atoms in total. The topological polar surface area (TPSA) is 27.0 Å². The molecule has 0 saturated carbocycles. The molecule has 4 heteroatoms. The van der Waals surface area contributed by atoms with Crippen molar-refractivity contribution < 1.29 is 0 Å². The first-order chi connectivity index (χ1) is 6.49. The highest BCUT2D eigenvalue weighted by Gasteiger charge is 2.22. The van der Waals surface area contributed by atoms with Gasteiger partial charge in [0.15, 0.2) is 0 Å². The van der Waals surface area contributed by atoms with Gasteiger partial charge >= 0.3 is 0 Å². The van der Waals surface area contributed by atoms with Crippen molar-refractivity contribution in [2.75, 3.05) is 2.87 Å². The highest BCUT2D eigenvalue weighted by Crippen LogP contribution is 2.30. The molecule has 0 heterocycles. The zero-order valence-electron chi connectivity index (χ0n) is 8.36. The van der Waals surface area contributed by atoms with Gasteiger partial charge in [0.25, 0.3) is 33.0 Å². The summed E-state index contributed by atoms with van der Waals surface area (Å²) in [6, 6.07) is 10.2. The van der Waals surface area contributed by atoms with Crippen LogP contribution < -0.4 is 2.87 Å². The first kappa shape index (κ1) is 11.6. The quantitative estimate of drug-likeness (QED) is 0.694. The van der Waals surface area contributed by atoms with Crippen molar-refractivity contribution in [2.24, 2.45) is 0 Å². The van der Waals surface area contributed by atoms with E-state index in [-0.39, 0.29) is 0 Å². The minimum absolute atomic E-state index is 0.456. The van der Waals surface area contributed by atoms with E-state index in [9.17, 15) is 0 Å². The molecule has 4 radical (unpaired) electrons. The fraction of sp³-hybridized carbons (Fsp3) is 0.300. The molecular weight excluding hydrogens is 202 g/mol. The summed E-state index contributed by atoms with van der Waals surface area (Å²) in [7, 11) is 0. The van der Waals surface area contributed by atoms with Crippen LogP contribution in [-0.2, 0) is 5.41 Å². The second-order valence-electron chi connectivity index (χ2n) is 3.66. The molecule has 0 aliphatic heterocycles. The van der Waals surface area contributed by atoms with E-state index < -0.39 is 5.41 Å². The molecule has 1 rings (SSSR count). The van der Waals surface area contributed by atoms with Gasteiger partial charge in [0.05, 0.1) is 11.5 Å². The fourth-order valence-electron chi connectivity index (χ4n) is 1.29. The largest absolute Gasteiger partial charge is 0.586 e. The van der Waals surface area contributed by atoms with E-state index >= 15 is 0 Å². The van der Waals surface area contributed by atoms with Crippen LogP contribution in [0.3, 0.4) is 0 Å². The molecule has 0 aromatic heterocycles. The van der Waals surface area contributed by atoms with E-state index in [2.05, 4.69) is 39.1 Å². The highest BCUT2D eigenvalue weighted by molar-refractivity contribution is 6.41. The average Bonchev–Trinajstić information content (AvgIpc) is 2.18. The maximum Gasteiger partial charge on any atom is 0.277 e. The molecule has 0 saturated heterocycles. The van der Waals surface area contributed by atoms with Gasteiger partial charge in [0, 0.05) is 0 Å². The minimum Gasteiger partial charge on any atom is -0.586 e. The standard InChI is InChI=1S/C10H10N2.2Al/c1-10(2,7-11)8-5-3-4-6-9(8)12;;/h3-6H,1-2H3;;. The maximum atomic E-state index is 9.07. The number of nitrogens with zero attached hydrogens (tertiary/aromatic N) is 2. The van der Waals surface area contributed by atoms with Crippen LogP contribution in [0.5, 0.6) is 0 Å². The number of hydrogen-bond acceptors (Lipinski definition) is 2. The Morgan fingerprint density at radius 1 is 1.29 bits per heavy atom. The fourth-order valence-corrected chi connectivity index (χ4v) is 1.74. The molecule has 0 N–H and O–H groups in total. The lowest BCUT2D eigenvalue weighted by Crippen LogP contribution is -2.22. The molecule has 14 heavy (non-hydrogen) atoms. The van der Waals surface area contributed by atoms with Crippen LogP contribution in [0, 0.1) is 11.3 Å². The summed E-state index contributed by atoms with van der Waals surface area (Å²) in [6.07, 6.45) is 0. The summed E-state index contributed by atoms with van der Waals surface area (Å²) in [5.41, 5.74) is 1.61. The molecule has 0 aliphatic carbocycles. The lowest BCUT2D eigenvalue weighted by atomic mass is 9.85. The molecule has 66 valence electrons. The van der Waals surface area contributed by atoms with Gasteiger partial charge in [0.1, 0.15) is 0 Å². The molecule has 0 amide bonds. The Kier molecular flexibility index (Phi) is 3.66. The van der Waals surface area contributed by atoms with Crippen molar-refractivity contribution in [3.05, 3.63) is 29.8 Å². The summed E-state index contributed by atoms with van der Waals surface area (Å²) >= 11 is 5.14. The van der Waals surface area contributed by atoms with E-state index in [1.807, 2.05) is 41.0 Å². The Bertz CT molecular complexity index is 367. The van der Waals surface area contributed by atoms with Crippen molar-refractivity contribution in [1.29, 1.82) is 5.26 Å². The van der Waals surface area contributed by atoms with Crippen molar-refractivity contribution in [3.63, 3.8) is 0 Å². The van der Waals surface area contributed by atoms with Gasteiger partial charge in [-0.25, -0.2) is 0 Å². The van der Waals surface area contributed by atoms with Crippen LogP contribution >= 0.6 is 0 Å². The molecule has 0 fully saturated rings. The van der Waals surface area contributed by atoms with E-state index in [1.165, 1.54) is 0 Å². The first-order valence-corrected chi connectivity index (χ1v) is 5.32. The third-order valence-corrected chi connectivity index (χ3v) is 2.69. The summed E-state index contributed by atoms with van der Waals surface area (Å²) in [6.45, 7) is 3.84. The second kappa shape index (κ2) is 4.40. The number of rotatable bonds is 2. The summed E-state index contributed by atoms with van der Waals surface area (Å²) < 4.78 is 1.87. The summed E-state index contributed by atoms with van der Waals surface area (Å²) in [5.74, 6) is 0. The third kappa shape index (κ3) is 2.33. The lowest BCUT2D eigenvalue weighted by molar-refractivity contribution is 0.688. The van der Waals surface area contributed by atoms with Crippen molar-refractivity contribution in [1.82, 2.24) is 0 Å². The number of benzene rings is 1. The van der Waals surface area contributed by atoms with E-state index in [4.69, 9.17) is 5.26 Å². The van der Waals surface area contributed by atoms with Gasteiger partial charge in [0.2, 0.25) is 0 Å². The molecular formula is C10H10Al2N2. The van der Waals surface area contributed by atoms with Gasteiger partial charge in [-0.2, -0.15) is 5.26 Å². The predicted molar refractivity (Wildman–Crippen MR) is 59.1 cm³/mol. The van der Waals surface area contributed by atoms with Gasteiger partial charge < -0.3 is 2.87 Å². The van der Waals surface area contributed by atoms with Gasteiger partial charge in [-0.05, 0) is 31.2 Å². The SMILES string of the molecule is CC(C)(C#N)c1ccccc1[N]([Al])[Al]. The van der Waals surface area contributed by atoms with Gasteiger partial charge in [-0.1, -0.05) is 18.2 Å². The van der Waals surface area contributed by atoms with Crippen LogP contribution in [0.25, 0.3) is 0 Å². The van der Waals surface area contributed by atoms with E-state index in [0.717, 1.165) is 11.3 Å². The van der Waals surface area contributed by atoms with E-state index in [0.29, 0.717) is 0 Å². The average molecular weight is 212 g/mol. The van der Waals surface area contributed by atoms with Crippen LogP contribution in [0.1, 0.15) is 19.4 Å². The maximum absolute atomic E-state index is 9.07.